The average Bonchev–Trinajstić information content (AvgIpc) is 2.59. The summed E-state index contributed by atoms with van der Waals surface area (Å²) in [5, 5.41) is 12.0. The van der Waals surface area contributed by atoms with E-state index in [1.807, 2.05) is 0 Å². The van der Waals surface area contributed by atoms with Gasteiger partial charge in [-0.2, -0.15) is 0 Å². The second kappa shape index (κ2) is 8.56. The van der Waals surface area contributed by atoms with E-state index in [2.05, 4.69) is 30.3 Å². The molecule has 1 aromatic rings. The molecule has 0 aliphatic carbocycles. The Morgan fingerprint density at radius 2 is 1.17 bits per heavy atom. The maximum absolute atomic E-state index is 11.9. The van der Waals surface area contributed by atoms with Gasteiger partial charge in [0.2, 0.25) is 0 Å². The Morgan fingerprint density at radius 1 is 0.833 bits per heavy atom. The Labute approximate surface area is 137 Å². The van der Waals surface area contributed by atoms with Crippen LogP contribution in [0.15, 0.2) is 12.1 Å². The number of esters is 2. The zero-order valence-corrected chi connectivity index (χ0v) is 13.7. The first kappa shape index (κ1) is 19.0. The Kier molecular flexibility index (Phi) is 6.78. The lowest BCUT2D eigenvalue weighted by molar-refractivity contribution is -0.143. The first-order chi connectivity index (χ1) is 11.3. The van der Waals surface area contributed by atoms with Crippen molar-refractivity contribution >= 4 is 23.8 Å². The van der Waals surface area contributed by atoms with Gasteiger partial charge < -0.3 is 20.1 Å². The number of ether oxygens (including phenoxy) is 2. The molecule has 130 valence electrons. The van der Waals surface area contributed by atoms with E-state index in [1.165, 1.54) is 40.2 Å². The quantitative estimate of drug-likeness (QED) is 0.634. The third kappa shape index (κ3) is 5.00. The number of nitrogens with one attached hydrogen (secondary N) is 2. The number of carbonyl (C=O) groups excluding carboxylic acids is 4. The fourth-order valence-electron chi connectivity index (χ4n) is 1.59. The monoisotopic (exact) mass is 338 g/mol. The van der Waals surface area contributed by atoms with Crippen molar-refractivity contribution in [1.82, 2.24) is 20.8 Å². The van der Waals surface area contributed by atoms with E-state index >= 15 is 0 Å². The summed E-state index contributed by atoms with van der Waals surface area (Å²) < 4.78 is 8.97. The van der Waals surface area contributed by atoms with Crippen LogP contribution >= 0.6 is 0 Å². The number of aromatic nitrogens is 2. The minimum Gasteiger partial charge on any atom is -0.467 e. The SMILES string of the molecule is COC(=O)C(C)NC(=O)c1ccc(C(=O)NC(C)C(=O)OC)nn1. The highest BCUT2D eigenvalue weighted by molar-refractivity contribution is 5.97. The van der Waals surface area contributed by atoms with Gasteiger partial charge in [-0.3, -0.25) is 9.59 Å². The van der Waals surface area contributed by atoms with Crippen molar-refractivity contribution in [1.29, 1.82) is 0 Å². The number of carbonyl (C=O) groups is 4. The molecule has 0 aromatic carbocycles. The number of hydrogen-bond acceptors (Lipinski definition) is 8. The van der Waals surface area contributed by atoms with Crippen molar-refractivity contribution in [2.75, 3.05) is 14.2 Å². The molecule has 2 N–H and O–H groups in total. The Balaban J connectivity index is 2.71. The van der Waals surface area contributed by atoms with Gasteiger partial charge in [0.05, 0.1) is 14.2 Å². The molecule has 0 saturated heterocycles. The Morgan fingerprint density at radius 3 is 1.42 bits per heavy atom. The molecule has 1 heterocycles. The van der Waals surface area contributed by atoms with Gasteiger partial charge in [0.25, 0.3) is 11.8 Å². The predicted octanol–water partition coefficient (Wildman–Crippen LogP) is -0.941. The first-order valence-corrected chi connectivity index (χ1v) is 6.91. The third-order valence-corrected chi connectivity index (χ3v) is 2.93. The van der Waals surface area contributed by atoms with Crippen LogP contribution in [-0.4, -0.2) is 60.3 Å². The molecule has 0 aliphatic rings. The highest BCUT2D eigenvalue weighted by Crippen LogP contribution is 1.99. The lowest BCUT2D eigenvalue weighted by atomic mass is 10.2. The van der Waals surface area contributed by atoms with Gasteiger partial charge >= 0.3 is 11.9 Å². The third-order valence-electron chi connectivity index (χ3n) is 2.93. The molecular weight excluding hydrogens is 320 g/mol. The van der Waals surface area contributed by atoms with Crippen LogP contribution < -0.4 is 10.6 Å². The molecule has 0 spiro atoms. The van der Waals surface area contributed by atoms with Crippen LogP contribution in [0.4, 0.5) is 0 Å². The van der Waals surface area contributed by atoms with Crippen molar-refractivity contribution in [3.63, 3.8) is 0 Å². The zero-order valence-electron chi connectivity index (χ0n) is 13.7. The van der Waals surface area contributed by atoms with Gasteiger partial charge in [-0.15, -0.1) is 10.2 Å². The van der Waals surface area contributed by atoms with Crippen LogP contribution in [0.1, 0.15) is 34.8 Å². The standard InChI is InChI=1S/C14H18N4O6/c1-7(13(21)23-3)15-11(19)9-5-6-10(18-17-9)12(20)16-8(2)14(22)24-4/h5-8H,1-4H3,(H,15,19)(H,16,20). The summed E-state index contributed by atoms with van der Waals surface area (Å²) in [6.07, 6.45) is 0. The number of amides is 2. The number of nitrogens with zero attached hydrogens (tertiary/aromatic N) is 2. The predicted molar refractivity (Wildman–Crippen MR) is 79.9 cm³/mol. The maximum atomic E-state index is 11.9. The van der Waals surface area contributed by atoms with Gasteiger partial charge in [-0.05, 0) is 26.0 Å². The summed E-state index contributed by atoms with van der Waals surface area (Å²) in [5.74, 6) is -2.50. The van der Waals surface area contributed by atoms with Gasteiger partial charge in [0, 0.05) is 0 Å². The highest BCUT2D eigenvalue weighted by atomic mass is 16.5. The molecule has 0 saturated carbocycles. The second-order valence-electron chi connectivity index (χ2n) is 4.74. The van der Waals surface area contributed by atoms with Crippen molar-refractivity contribution in [3.8, 4) is 0 Å². The van der Waals surface area contributed by atoms with Crippen LogP contribution in [0.3, 0.4) is 0 Å². The number of methoxy groups -OCH3 is 2. The molecule has 0 radical (unpaired) electrons. The van der Waals surface area contributed by atoms with Crippen molar-refractivity contribution < 1.29 is 28.7 Å². The number of hydrogen-bond donors (Lipinski definition) is 2. The zero-order chi connectivity index (χ0) is 18.3. The highest BCUT2D eigenvalue weighted by Gasteiger charge is 2.20. The van der Waals surface area contributed by atoms with Gasteiger partial charge in [-0.1, -0.05) is 0 Å². The molecule has 2 atom stereocenters. The molecule has 0 aliphatic heterocycles. The molecular formula is C14H18N4O6. The summed E-state index contributed by atoms with van der Waals surface area (Å²) in [6.45, 7) is 2.90. The smallest absolute Gasteiger partial charge is 0.328 e. The van der Waals surface area contributed by atoms with Crippen LogP contribution in [0.2, 0.25) is 0 Å². The van der Waals surface area contributed by atoms with Gasteiger partial charge in [0.1, 0.15) is 12.1 Å². The van der Waals surface area contributed by atoms with Crippen LogP contribution in [0.5, 0.6) is 0 Å². The van der Waals surface area contributed by atoms with E-state index in [4.69, 9.17) is 0 Å². The van der Waals surface area contributed by atoms with E-state index in [9.17, 15) is 19.2 Å². The summed E-state index contributed by atoms with van der Waals surface area (Å²) in [5.41, 5.74) is -0.161. The molecule has 2 unspecified atom stereocenters. The largest absolute Gasteiger partial charge is 0.467 e. The lowest BCUT2D eigenvalue weighted by Gasteiger charge is -2.12. The summed E-state index contributed by atoms with van der Waals surface area (Å²) >= 11 is 0. The second-order valence-corrected chi connectivity index (χ2v) is 4.74. The van der Waals surface area contributed by atoms with E-state index < -0.39 is 35.8 Å². The number of rotatable bonds is 6. The van der Waals surface area contributed by atoms with Crippen LogP contribution in [0.25, 0.3) is 0 Å². The van der Waals surface area contributed by atoms with E-state index in [-0.39, 0.29) is 11.4 Å². The lowest BCUT2D eigenvalue weighted by Crippen LogP contribution is -2.40. The van der Waals surface area contributed by atoms with Gasteiger partial charge in [0.15, 0.2) is 11.4 Å². The van der Waals surface area contributed by atoms with E-state index in [1.54, 1.807) is 0 Å². The average molecular weight is 338 g/mol. The van der Waals surface area contributed by atoms with E-state index in [0.717, 1.165) is 0 Å². The topological polar surface area (TPSA) is 137 Å². The van der Waals surface area contributed by atoms with Crippen LogP contribution in [0, 0.1) is 0 Å². The van der Waals surface area contributed by atoms with E-state index in [0.29, 0.717) is 0 Å². The molecule has 1 aromatic heterocycles. The van der Waals surface area contributed by atoms with Gasteiger partial charge in [-0.25, -0.2) is 9.59 Å². The maximum Gasteiger partial charge on any atom is 0.328 e. The van der Waals surface area contributed by atoms with Crippen LogP contribution in [-0.2, 0) is 19.1 Å². The van der Waals surface area contributed by atoms with Crippen molar-refractivity contribution in [2.45, 2.75) is 25.9 Å². The minimum absolute atomic E-state index is 0.0803. The Bertz CT molecular complexity index is 576. The minimum atomic E-state index is -0.854. The molecule has 2 amide bonds. The molecule has 10 heteroatoms. The molecule has 10 nitrogen and oxygen atoms in total. The summed E-state index contributed by atoms with van der Waals surface area (Å²) in [6, 6.07) is 0.829. The summed E-state index contributed by atoms with van der Waals surface area (Å²) in [7, 11) is 2.40. The normalized spacial score (nSPS) is 12.5. The molecule has 0 fully saturated rings. The molecule has 24 heavy (non-hydrogen) atoms. The summed E-state index contributed by atoms with van der Waals surface area (Å²) in [4.78, 5) is 46.2. The fraction of sp³-hybridized carbons (Fsp3) is 0.429. The molecule has 0 bridgehead atoms. The van der Waals surface area contributed by atoms with Crippen molar-refractivity contribution in [3.05, 3.63) is 23.5 Å². The Hall–Kier alpha value is -3.04. The molecule has 1 rings (SSSR count). The fourth-order valence-corrected chi connectivity index (χ4v) is 1.59. The first-order valence-electron chi connectivity index (χ1n) is 6.91. The van der Waals surface area contributed by atoms with Crippen molar-refractivity contribution in [2.24, 2.45) is 0 Å².